The predicted molar refractivity (Wildman–Crippen MR) is 82.7 cm³/mol. The van der Waals surface area contributed by atoms with E-state index in [-0.39, 0.29) is 5.88 Å². The zero-order valence-corrected chi connectivity index (χ0v) is 13.1. The Morgan fingerprint density at radius 3 is 2.62 bits per heavy atom. The Morgan fingerprint density at radius 2 is 1.95 bits per heavy atom. The van der Waals surface area contributed by atoms with Crippen molar-refractivity contribution in [2.45, 2.75) is 18.9 Å². The maximum atomic E-state index is 13.4. The van der Waals surface area contributed by atoms with Crippen LogP contribution < -0.4 is 9.64 Å². The van der Waals surface area contributed by atoms with Gasteiger partial charge in [0.15, 0.2) is 0 Å². The van der Waals surface area contributed by atoms with Crippen LogP contribution in [0.4, 0.5) is 10.3 Å². The molecule has 3 heterocycles. The lowest BCUT2D eigenvalue weighted by molar-refractivity contribution is 0.185. The molecule has 21 heavy (non-hydrogen) atoms. The van der Waals surface area contributed by atoms with E-state index >= 15 is 0 Å². The smallest absolute Gasteiger partial charge is 0.255 e. The molecule has 2 fully saturated rings. The minimum atomic E-state index is -0.512. The SMILES string of the molecule is COc1nc(N2CCC(N3CCSCC3)CC2)ncc1F. The van der Waals surface area contributed by atoms with Crippen LogP contribution in [-0.4, -0.2) is 65.7 Å². The van der Waals surface area contributed by atoms with Gasteiger partial charge >= 0.3 is 0 Å². The third-order valence-corrected chi connectivity index (χ3v) is 5.14. The number of hydrogen-bond donors (Lipinski definition) is 0. The molecular weight excluding hydrogens is 291 g/mol. The van der Waals surface area contributed by atoms with Gasteiger partial charge in [0, 0.05) is 43.7 Å². The molecule has 5 nitrogen and oxygen atoms in total. The van der Waals surface area contributed by atoms with Gasteiger partial charge in [0.1, 0.15) is 0 Å². The van der Waals surface area contributed by atoms with Crippen molar-refractivity contribution in [3.8, 4) is 5.88 Å². The van der Waals surface area contributed by atoms with E-state index in [2.05, 4.69) is 19.8 Å². The Morgan fingerprint density at radius 1 is 1.24 bits per heavy atom. The molecule has 0 bridgehead atoms. The highest BCUT2D eigenvalue weighted by atomic mass is 32.2. The minimum absolute atomic E-state index is 0.0233. The number of ether oxygens (including phenoxy) is 1. The topological polar surface area (TPSA) is 41.5 Å². The fourth-order valence-electron chi connectivity index (χ4n) is 3.01. The summed E-state index contributed by atoms with van der Waals surface area (Å²) in [4.78, 5) is 13.0. The highest BCUT2D eigenvalue weighted by Crippen LogP contribution is 2.24. The third kappa shape index (κ3) is 3.40. The lowest BCUT2D eigenvalue weighted by Gasteiger charge is -2.40. The summed E-state index contributed by atoms with van der Waals surface area (Å²) in [6.45, 7) is 4.25. The van der Waals surface area contributed by atoms with Gasteiger partial charge in [-0.15, -0.1) is 0 Å². The summed E-state index contributed by atoms with van der Waals surface area (Å²) in [6, 6.07) is 0.671. The molecule has 2 aliphatic rings. The summed E-state index contributed by atoms with van der Waals surface area (Å²) in [5.74, 6) is 2.58. The monoisotopic (exact) mass is 312 g/mol. The quantitative estimate of drug-likeness (QED) is 0.845. The average molecular weight is 312 g/mol. The highest BCUT2D eigenvalue weighted by Gasteiger charge is 2.27. The summed E-state index contributed by atoms with van der Waals surface area (Å²) >= 11 is 2.04. The number of hydrogen-bond acceptors (Lipinski definition) is 6. The number of aromatic nitrogens is 2. The van der Waals surface area contributed by atoms with Crippen LogP contribution in [0, 0.1) is 5.82 Å². The van der Waals surface area contributed by atoms with E-state index in [0.717, 1.165) is 25.9 Å². The molecule has 0 atom stereocenters. The fourth-order valence-corrected chi connectivity index (χ4v) is 3.94. The molecule has 0 radical (unpaired) electrons. The Labute approximate surface area is 128 Å². The number of anilines is 1. The summed E-state index contributed by atoms with van der Waals surface area (Å²) < 4.78 is 18.3. The Balaban J connectivity index is 1.60. The normalized spacial score (nSPS) is 21.5. The number of piperidine rings is 1. The molecule has 2 aliphatic heterocycles. The van der Waals surface area contributed by atoms with Crippen molar-refractivity contribution >= 4 is 17.7 Å². The minimum Gasteiger partial charge on any atom is -0.479 e. The first-order valence-electron chi connectivity index (χ1n) is 7.41. The van der Waals surface area contributed by atoms with Crippen LogP contribution in [-0.2, 0) is 0 Å². The lowest BCUT2D eigenvalue weighted by Crippen LogP contribution is -2.48. The van der Waals surface area contributed by atoms with Crippen molar-refractivity contribution in [2.75, 3.05) is 49.7 Å². The molecule has 0 aromatic carbocycles. The van der Waals surface area contributed by atoms with Crippen molar-refractivity contribution in [1.29, 1.82) is 0 Å². The highest BCUT2D eigenvalue weighted by molar-refractivity contribution is 7.99. The van der Waals surface area contributed by atoms with E-state index in [1.807, 2.05) is 11.8 Å². The van der Waals surface area contributed by atoms with Gasteiger partial charge < -0.3 is 9.64 Å². The van der Waals surface area contributed by atoms with Crippen molar-refractivity contribution in [3.63, 3.8) is 0 Å². The molecule has 0 N–H and O–H groups in total. The van der Waals surface area contributed by atoms with Gasteiger partial charge in [-0.3, -0.25) is 4.90 Å². The molecule has 0 amide bonds. The Hall–Kier alpha value is -1.08. The van der Waals surface area contributed by atoms with Crippen LogP contribution in [0.25, 0.3) is 0 Å². The van der Waals surface area contributed by atoms with Crippen LogP contribution in [0.2, 0.25) is 0 Å². The molecule has 1 aromatic heterocycles. The Bertz CT molecular complexity index is 476. The number of halogens is 1. The predicted octanol–water partition coefficient (Wildman–Crippen LogP) is 1.64. The van der Waals surface area contributed by atoms with Gasteiger partial charge in [-0.25, -0.2) is 4.98 Å². The van der Waals surface area contributed by atoms with E-state index in [0.29, 0.717) is 12.0 Å². The number of rotatable bonds is 3. The molecule has 1 aromatic rings. The lowest BCUT2D eigenvalue weighted by atomic mass is 10.0. The maximum Gasteiger partial charge on any atom is 0.255 e. The molecule has 3 rings (SSSR count). The molecule has 0 aliphatic carbocycles. The number of nitrogens with zero attached hydrogens (tertiary/aromatic N) is 4. The average Bonchev–Trinajstić information content (AvgIpc) is 2.56. The van der Waals surface area contributed by atoms with Crippen molar-refractivity contribution in [3.05, 3.63) is 12.0 Å². The largest absolute Gasteiger partial charge is 0.479 e. The van der Waals surface area contributed by atoms with E-state index < -0.39 is 5.82 Å². The van der Waals surface area contributed by atoms with Crippen LogP contribution in [0.5, 0.6) is 5.88 Å². The maximum absolute atomic E-state index is 13.4. The summed E-state index contributed by atoms with van der Waals surface area (Å²) in [5.41, 5.74) is 0. The summed E-state index contributed by atoms with van der Waals surface area (Å²) in [6.07, 6.45) is 3.43. The standard InChI is InChI=1S/C14H21FN4OS/c1-20-13-12(15)10-16-14(17-13)19-4-2-11(3-5-19)18-6-8-21-9-7-18/h10-11H,2-9H2,1H3. The third-order valence-electron chi connectivity index (χ3n) is 4.20. The first-order valence-corrected chi connectivity index (χ1v) is 8.56. The van der Waals surface area contributed by atoms with E-state index in [9.17, 15) is 4.39 Å². The molecular formula is C14H21FN4OS. The summed E-state index contributed by atoms with van der Waals surface area (Å²) in [7, 11) is 1.43. The second kappa shape index (κ2) is 6.79. The van der Waals surface area contributed by atoms with E-state index in [1.54, 1.807) is 0 Å². The van der Waals surface area contributed by atoms with Crippen molar-refractivity contribution in [1.82, 2.24) is 14.9 Å². The van der Waals surface area contributed by atoms with Gasteiger partial charge in [0.25, 0.3) is 5.88 Å². The molecule has 2 saturated heterocycles. The fraction of sp³-hybridized carbons (Fsp3) is 0.714. The van der Waals surface area contributed by atoms with Crippen LogP contribution >= 0.6 is 11.8 Å². The van der Waals surface area contributed by atoms with Crippen LogP contribution in [0.15, 0.2) is 6.20 Å². The van der Waals surface area contributed by atoms with Crippen molar-refractivity contribution < 1.29 is 9.13 Å². The second-order valence-corrected chi connectivity index (χ2v) is 6.62. The number of methoxy groups -OCH3 is 1. The Kier molecular flexibility index (Phi) is 4.80. The van der Waals surface area contributed by atoms with E-state index in [4.69, 9.17) is 4.74 Å². The van der Waals surface area contributed by atoms with Crippen molar-refractivity contribution in [2.24, 2.45) is 0 Å². The van der Waals surface area contributed by atoms with Gasteiger partial charge in [-0.1, -0.05) is 0 Å². The first kappa shape index (κ1) is 14.8. The first-order chi connectivity index (χ1) is 10.3. The zero-order valence-electron chi connectivity index (χ0n) is 12.3. The number of thioether (sulfide) groups is 1. The zero-order chi connectivity index (χ0) is 14.7. The van der Waals surface area contributed by atoms with Gasteiger partial charge in [-0.2, -0.15) is 21.1 Å². The molecule has 0 unspecified atom stereocenters. The summed E-state index contributed by atoms with van der Waals surface area (Å²) in [5, 5.41) is 0. The van der Waals surface area contributed by atoms with Crippen LogP contribution in [0.3, 0.4) is 0 Å². The van der Waals surface area contributed by atoms with Gasteiger partial charge in [0.05, 0.1) is 13.3 Å². The van der Waals surface area contributed by atoms with Crippen LogP contribution in [0.1, 0.15) is 12.8 Å². The second-order valence-electron chi connectivity index (χ2n) is 5.39. The van der Waals surface area contributed by atoms with Gasteiger partial charge in [0.2, 0.25) is 11.8 Å². The van der Waals surface area contributed by atoms with E-state index in [1.165, 1.54) is 37.9 Å². The van der Waals surface area contributed by atoms with Gasteiger partial charge in [-0.05, 0) is 12.8 Å². The molecule has 0 saturated carbocycles. The molecule has 7 heteroatoms. The molecule has 0 spiro atoms. The molecule has 116 valence electrons.